The van der Waals surface area contributed by atoms with Crippen molar-refractivity contribution in [3.8, 4) is 11.8 Å². The van der Waals surface area contributed by atoms with Crippen molar-refractivity contribution >= 4 is 38.7 Å². The highest BCUT2D eigenvalue weighted by Gasteiger charge is 2.32. The normalized spacial score (nSPS) is 15.2. The third kappa shape index (κ3) is 7.10. The van der Waals surface area contributed by atoms with Crippen molar-refractivity contribution < 1.29 is 9.53 Å². The molecule has 0 aliphatic carbocycles. The Labute approximate surface area is 270 Å². The van der Waals surface area contributed by atoms with Crippen molar-refractivity contribution in [3.63, 3.8) is 0 Å². The number of carbonyl (C=O) groups excluding carboxylic acids is 1. The Hall–Kier alpha value is -4.23. The molecule has 1 saturated heterocycles. The fourth-order valence-electron chi connectivity index (χ4n) is 6.31. The number of aromatic amines is 2. The van der Waals surface area contributed by atoms with E-state index in [0.717, 1.165) is 87.8 Å². The average molecular weight is 620 g/mol. The molecular formula is C37H45N7O2. The molecule has 46 heavy (non-hydrogen) atoms. The lowest BCUT2D eigenvalue weighted by molar-refractivity contribution is -0.136. The molecular weight excluding hydrogens is 574 g/mol. The molecule has 4 N–H and O–H groups in total. The molecule has 0 bridgehead atoms. The largest absolute Gasteiger partial charge is 0.381 e. The number of imidazole rings is 2. The van der Waals surface area contributed by atoms with Crippen molar-refractivity contribution in [3.05, 3.63) is 71.3 Å². The number of ether oxygens (including phenoxy) is 1. The SMILES string of the molecule is CCCN(Cc1nc2c(ccc3cc(C#Cc4ccc5nc(CN[C@@H](C)CC)[nH]c5c4)ccc32)[nH]1)C(=O)[C@@H](NC)C1CCOCC1. The highest BCUT2D eigenvalue weighted by molar-refractivity contribution is 6.04. The fourth-order valence-corrected chi connectivity index (χ4v) is 6.31. The van der Waals surface area contributed by atoms with Crippen LogP contribution < -0.4 is 10.6 Å². The zero-order chi connectivity index (χ0) is 32.0. The molecule has 0 radical (unpaired) electrons. The smallest absolute Gasteiger partial charge is 0.240 e. The van der Waals surface area contributed by atoms with Gasteiger partial charge in [0.1, 0.15) is 11.6 Å². The molecule has 1 aliphatic rings. The first kappa shape index (κ1) is 31.7. The Morgan fingerprint density at radius 2 is 1.76 bits per heavy atom. The summed E-state index contributed by atoms with van der Waals surface area (Å²) in [4.78, 5) is 32.2. The molecule has 0 saturated carbocycles. The van der Waals surface area contributed by atoms with E-state index >= 15 is 0 Å². The van der Waals surface area contributed by atoms with Crippen LogP contribution in [-0.2, 0) is 22.6 Å². The minimum Gasteiger partial charge on any atom is -0.381 e. The lowest BCUT2D eigenvalue weighted by Crippen LogP contribution is -2.50. The van der Waals surface area contributed by atoms with Crippen LogP contribution in [0.4, 0.5) is 0 Å². The summed E-state index contributed by atoms with van der Waals surface area (Å²) in [6.07, 6.45) is 3.76. The minimum absolute atomic E-state index is 0.135. The number of amides is 1. The molecule has 3 aromatic carbocycles. The number of hydrogen-bond acceptors (Lipinski definition) is 6. The maximum absolute atomic E-state index is 13.7. The standard InChI is InChI=1S/C37H45N7O2/c1-5-17-44(37(45)35(38-4)27-15-18-46-19-16-27)23-34-41-31-14-11-28-20-25(9-12-29(28)36(31)43-34)7-8-26-10-13-30-32(21-26)42-33(40-30)22-39-24(3)6-2/h9-14,20-21,24,27,35,38-39H,5-6,15-19,22-23H2,1-4H3,(H,40,42)(H,41,43)/t24-,35-/m0/s1. The second-order valence-corrected chi connectivity index (χ2v) is 12.4. The number of hydrogen-bond donors (Lipinski definition) is 4. The monoisotopic (exact) mass is 619 g/mol. The zero-order valence-electron chi connectivity index (χ0n) is 27.4. The second kappa shape index (κ2) is 14.5. The third-order valence-electron chi connectivity index (χ3n) is 9.09. The summed E-state index contributed by atoms with van der Waals surface area (Å²) in [6, 6.07) is 16.8. The van der Waals surface area contributed by atoms with Gasteiger partial charge in [-0.25, -0.2) is 9.97 Å². The Morgan fingerprint density at radius 3 is 2.52 bits per heavy atom. The molecule has 1 amide bonds. The molecule has 240 valence electrons. The van der Waals surface area contributed by atoms with Gasteiger partial charge < -0.3 is 30.2 Å². The van der Waals surface area contributed by atoms with E-state index in [1.54, 1.807) is 0 Å². The average Bonchev–Trinajstić information content (AvgIpc) is 3.70. The minimum atomic E-state index is -0.212. The molecule has 9 heteroatoms. The molecule has 6 rings (SSSR count). The number of nitrogens with one attached hydrogen (secondary N) is 4. The first-order valence-corrected chi connectivity index (χ1v) is 16.6. The Bertz CT molecular complexity index is 1870. The van der Waals surface area contributed by atoms with E-state index in [-0.39, 0.29) is 17.9 Å². The number of rotatable bonds is 11. The zero-order valence-corrected chi connectivity index (χ0v) is 27.4. The van der Waals surface area contributed by atoms with Crippen molar-refractivity contribution in [2.24, 2.45) is 5.92 Å². The van der Waals surface area contributed by atoms with Gasteiger partial charge in [0.05, 0.1) is 41.2 Å². The summed E-state index contributed by atoms with van der Waals surface area (Å²) in [7, 11) is 1.88. The molecule has 1 fully saturated rings. The van der Waals surface area contributed by atoms with E-state index in [9.17, 15) is 4.79 Å². The highest BCUT2D eigenvalue weighted by Crippen LogP contribution is 2.26. The van der Waals surface area contributed by atoms with Gasteiger partial charge in [-0.3, -0.25) is 4.79 Å². The summed E-state index contributed by atoms with van der Waals surface area (Å²) in [5, 5.41) is 8.92. The van der Waals surface area contributed by atoms with Crippen molar-refractivity contribution in [2.75, 3.05) is 26.8 Å². The van der Waals surface area contributed by atoms with Crippen LogP contribution in [-0.4, -0.2) is 69.6 Å². The van der Waals surface area contributed by atoms with Crippen molar-refractivity contribution in [1.29, 1.82) is 0 Å². The molecule has 2 aromatic heterocycles. The topological polar surface area (TPSA) is 111 Å². The predicted molar refractivity (Wildman–Crippen MR) is 184 cm³/mol. The number of H-pyrrole nitrogens is 2. The molecule has 0 spiro atoms. The summed E-state index contributed by atoms with van der Waals surface area (Å²) in [6.45, 7) is 9.74. The Balaban J connectivity index is 1.19. The van der Waals surface area contributed by atoms with Gasteiger partial charge in [-0.05, 0) is 87.4 Å². The summed E-state index contributed by atoms with van der Waals surface area (Å²) in [5.74, 6) is 8.81. The number of aromatic nitrogens is 4. The Morgan fingerprint density at radius 1 is 1.00 bits per heavy atom. The highest BCUT2D eigenvalue weighted by atomic mass is 16.5. The van der Waals surface area contributed by atoms with Gasteiger partial charge in [0.2, 0.25) is 5.91 Å². The number of fused-ring (bicyclic) bond motifs is 4. The summed E-state index contributed by atoms with van der Waals surface area (Å²) >= 11 is 0. The number of nitrogens with zero attached hydrogens (tertiary/aromatic N) is 3. The molecule has 3 heterocycles. The summed E-state index contributed by atoms with van der Waals surface area (Å²) in [5.41, 5.74) is 5.70. The number of likely N-dealkylation sites (N-methyl/N-ethyl adjacent to an activating group) is 1. The van der Waals surface area contributed by atoms with E-state index in [0.29, 0.717) is 32.3 Å². The quantitative estimate of drug-likeness (QED) is 0.143. The summed E-state index contributed by atoms with van der Waals surface area (Å²) < 4.78 is 5.54. The predicted octanol–water partition coefficient (Wildman–Crippen LogP) is 5.63. The lowest BCUT2D eigenvalue weighted by atomic mass is 9.91. The molecule has 2 atom stereocenters. The van der Waals surface area contributed by atoms with Gasteiger partial charge in [0.15, 0.2) is 0 Å². The van der Waals surface area contributed by atoms with Gasteiger partial charge in [-0.2, -0.15) is 0 Å². The number of benzene rings is 3. The molecule has 1 aliphatic heterocycles. The molecule has 0 unspecified atom stereocenters. The van der Waals surface area contributed by atoms with Crippen molar-refractivity contribution in [2.45, 2.75) is 71.6 Å². The molecule has 9 nitrogen and oxygen atoms in total. The van der Waals surface area contributed by atoms with E-state index in [1.165, 1.54) is 0 Å². The first-order valence-electron chi connectivity index (χ1n) is 16.6. The molecule has 5 aromatic rings. The Kier molecular flexibility index (Phi) is 9.98. The van der Waals surface area contributed by atoms with Crippen LogP contribution in [0.25, 0.3) is 32.8 Å². The van der Waals surface area contributed by atoms with Gasteiger partial charge in [-0.1, -0.05) is 37.8 Å². The van der Waals surface area contributed by atoms with E-state index in [4.69, 9.17) is 14.7 Å². The van der Waals surface area contributed by atoms with Crippen LogP contribution in [0.3, 0.4) is 0 Å². The van der Waals surface area contributed by atoms with Crippen LogP contribution in [0.15, 0.2) is 48.5 Å². The van der Waals surface area contributed by atoms with Gasteiger partial charge in [-0.15, -0.1) is 0 Å². The van der Waals surface area contributed by atoms with E-state index in [1.807, 2.05) is 24.1 Å². The van der Waals surface area contributed by atoms with Crippen LogP contribution in [0.1, 0.15) is 69.2 Å². The van der Waals surface area contributed by atoms with Crippen molar-refractivity contribution in [1.82, 2.24) is 35.5 Å². The van der Waals surface area contributed by atoms with E-state index in [2.05, 4.69) is 89.6 Å². The fraction of sp³-hybridized carbons (Fsp3) is 0.432. The lowest BCUT2D eigenvalue weighted by Gasteiger charge is -2.33. The maximum Gasteiger partial charge on any atom is 0.240 e. The van der Waals surface area contributed by atoms with Gasteiger partial charge in [0.25, 0.3) is 0 Å². The van der Waals surface area contributed by atoms with E-state index < -0.39 is 0 Å². The maximum atomic E-state index is 13.7. The van der Waals surface area contributed by atoms with Crippen LogP contribution in [0.5, 0.6) is 0 Å². The van der Waals surface area contributed by atoms with Gasteiger partial charge >= 0.3 is 0 Å². The van der Waals surface area contributed by atoms with Crippen LogP contribution >= 0.6 is 0 Å². The third-order valence-corrected chi connectivity index (χ3v) is 9.09. The second-order valence-electron chi connectivity index (χ2n) is 12.4. The first-order chi connectivity index (χ1) is 22.4. The number of carbonyl (C=O) groups is 1. The van der Waals surface area contributed by atoms with Gasteiger partial charge in [0, 0.05) is 42.3 Å². The van der Waals surface area contributed by atoms with Crippen LogP contribution in [0, 0.1) is 17.8 Å². The van der Waals surface area contributed by atoms with Crippen LogP contribution in [0.2, 0.25) is 0 Å².